The number of hydrogen-bond donors (Lipinski definition) is 0. The van der Waals surface area contributed by atoms with Crippen LogP contribution < -0.4 is 9.92 Å². The molecule has 0 bridgehead atoms. The first-order valence-corrected chi connectivity index (χ1v) is 16.4. The molecule has 3 nitrogen and oxygen atoms in total. The summed E-state index contributed by atoms with van der Waals surface area (Å²) in [5.74, 6) is 1.70. The summed E-state index contributed by atoms with van der Waals surface area (Å²) < 4.78 is 13.0. The first kappa shape index (κ1) is 24.5. The van der Waals surface area contributed by atoms with E-state index in [-0.39, 0.29) is 0 Å². The molecule has 2 fully saturated rings. The molecule has 0 N–H and O–H groups in total. The van der Waals surface area contributed by atoms with E-state index in [1.54, 1.807) is 7.11 Å². The van der Waals surface area contributed by atoms with Crippen molar-refractivity contribution in [3.63, 3.8) is 0 Å². The van der Waals surface area contributed by atoms with Crippen molar-refractivity contribution in [1.29, 1.82) is 0 Å². The summed E-state index contributed by atoms with van der Waals surface area (Å²) in [5, 5.41) is 1.48. The maximum atomic E-state index is 7.58. The van der Waals surface area contributed by atoms with E-state index in [2.05, 4.69) is 61.5 Å². The van der Waals surface area contributed by atoms with Crippen LogP contribution in [0.3, 0.4) is 0 Å². The summed E-state index contributed by atoms with van der Waals surface area (Å²) in [4.78, 5) is 5.25. The minimum atomic E-state index is -2.48. The van der Waals surface area contributed by atoms with Crippen molar-refractivity contribution in [3.8, 4) is 16.9 Å². The fourth-order valence-corrected chi connectivity index (χ4v) is 13.4. The summed E-state index contributed by atoms with van der Waals surface area (Å²) in [6, 6.07) is 24.1. The molecule has 1 heterocycles. The third-order valence-corrected chi connectivity index (χ3v) is 14.4. The lowest BCUT2D eigenvalue weighted by molar-refractivity contribution is 0.388. The van der Waals surface area contributed by atoms with Crippen LogP contribution in [-0.4, -0.2) is 21.3 Å². The van der Waals surface area contributed by atoms with Gasteiger partial charge in [0, 0.05) is 10.8 Å². The molecule has 3 aliphatic rings. The van der Waals surface area contributed by atoms with Crippen LogP contribution in [0.4, 0.5) is 5.69 Å². The predicted octanol–water partition coefficient (Wildman–Crippen LogP) is 8.60. The van der Waals surface area contributed by atoms with E-state index >= 15 is 0 Å². The predicted molar refractivity (Wildman–Crippen MR) is 156 cm³/mol. The van der Waals surface area contributed by atoms with E-state index < -0.39 is 8.32 Å². The highest BCUT2D eigenvalue weighted by Gasteiger charge is 2.57. The molecule has 2 aliphatic carbocycles. The fraction of sp³-hybridized carbons (Fsp3) is 0.424. The van der Waals surface area contributed by atoms with Crippen LogP contribution in [-0.2, 0) is 4.43 Å². The Hall–Kier alpha value is -2.85. The Kier molecular flexibility index (Phi) is 6.94. The number of aliphatic imine (C=N–C) groups is 1. The molecule has 3 aromatic carbocycles. The molecule has 37 heavy (non-hydrogen) atoms. The molecule has 6 rings (SSSR count). The van der Waals surface area contributed by atoms with E-state index in [0.29, 0.717) is 11.1 Å². The number of nitrogens with zero attached hydrogens (tertiary/aromatic N) is 1. The summed E-state index contributed by atoms with van der Waals surface area (Å²) in [5.41, 5.74) is 7.47. The van der Waals surface area contributed by atoms with Gasteiger partial charge in [-0.15, -0.1) is 0 Å². The third-order valence-electron chi connectivity index (χ3n) is 9.01. The third kappa shape index (κ3) is 4.54. The summed E-state index contributed by atoms with van der Waals surface area (Å²) in [6.07, 6.45) is 13.2. The van der Waals surface area contributed by atoms with Crippen molar-refractivity contribution >= 4 is 25.1 Å². The minimum Gasteiger partial charge on any atom is -0.525 e. The van der Waals surface area contributed by atoms with Gasteiger partial charge in [0.05, 0.1) is 12.8 Å². The van der Waals surface area contributed by atoms with Gasteiger partial charge in [0.15, 0.2) is 0 Å². The van der Waals surface area contributed by atoms with Crippen LogP contribution in [0.25, 0.3) is 11.1 Å². The fourth-order valence-electron chi connectivity index (χ4n) is 7.27. The molecule has 0 saturated heterocycles. The molecule has 0 atom stereocenters. The Balaban J connectivity index is 1.60. The smallest absolute Gasteiger partial charge is 0.293 e. The monoisotopic (exact) mass is 509 g/mol. The minimum absolute atomic E-state index is 0.637. The van der Waals surface area contributed by atoms with Crippen LogP contribution in [0.2, 0.25) is 11.1 Å². The van der Waals surface area contributed by atoms with Gasteiger partial charge < -0.3 is 9.16 Å². The number of rotatable bonds is 5. The molecule has 2 saturated carbocycles. The van der Waals surface area contributed by atoms with E-state index in [0.717, 1.165) is 22.9 Å². The summed E-state index contributed by atoms with van der Waals surface area (Å²) >= 11 is 0. The average Bonchev–Trinajstić information content (AvgIpc) is 2.97. The molecule has 0 radical (unpaired) electrons. The highest BCUT2D eigenvalue weighted by molar-refractivity contribution is 6.92. The van der Waals surface area contributed by atoms with Crippen molar-refractivity contribution in [3.05, 3.63) is 77.9 Å². The molecule has 192 valence electrons. The Morgan fingerprint density at radius 2 is 1.41 bits per heavy atom. The molecule has 4 heteroatoms. The van der Waals surface area contributed by atoms with Crippen molar-refractivity contribution < 1.29 is 9.16 Å². The second kappa shape index (κ2) is 10.5. The Labute approximate surface area is 223 Å². The van der Waals surface area contributed by atoms with Gasteiger partial charge in [0.2, 0.25) is 5.90 Å². The lowest BCUT2D eigenvalue weighted by Gasteiger charge is -2.49. The number of methoxy groups -OCH3 is 1. The van der Waals surface area contributed by atoms with E-state index in [1.807, 2.05) is 12.1 Å². The molecule has 3 aromatic rings. The first-order valence-electron chi connectivity index (χ1n) is 14.3. The Morgan fingerprint density at radius 3 is 2.03 bits per heavy atom. The van der Waals surface area contributed by atoms with Crippen LogP contribution in [0.1, 0.15) is 75.3 Å². The van der Waals surface area contributed by atoms with Crippen molar-refractivity contribution in [2.45, 2.75) is 82.2 Å². The number of fused-ring (bicyclic) bond motifs is 1. The van der Waals surface area contributed by atoms with Gasteiger partial charge in [-0.3, -0.25) is 0 Å². The van der Waals surface area contributed by atoms with Crippen molar-refractivity contribution in [1.82, 2.24) is 0 Å². The lowest BCUT2D eigenvalue weighted by atomic mass is 9.99. The number of hydrogen-bond acceptors (Lipinski definition) is 3. The Morgan fingerprint density at radius 1 is 0.757 bits per heavy atom. The SMILES string of the molecule is COc1ccc(C2=Nc3cccc(-c4cccc(C)c4)c3[Si](C3CCCCC3)(C3CCCCC3)O2)cc1. The zero-order chi connectivity index (χ0) is 25.2. The Bertz CT molecular complexity index is 1250. The van der Waals surface area contributed by atoms with Crippen molar-refractivity contribution in [2.24, 2.45) is 4.99 Å². The molecule has 0 spiro atoms. The zero-order valence-electron chi connectivity index (χ0n) is 22.3. The number of ether oxygens (including phenoxy) is 1. The van der Waals surface area contributed by atoms with Gasteiger partial charge in [-0.25, -0.2) is 4.99 Å². The standard InChI is InChI=1S/C33H39NO2Si/c1-24-11-9-12-26(23-24)30-17-10-18-31-32(30)37(28-13-5-3-6-14-28,29-15-7-4-8-16-29)36-33(34-31)25-19-21-27(35-2)22-20-25/h9-12,17-23,28-29H,3-8,13-16H2,1-2H3. The van der Waals surface area contributed by atoms with Crippen molar-refractivity contribution in [2.75, 3.05) is 7.11 Å². The topological polar surface area (TPSA) is 30.8 Å². The molecule has 0 amide bonds. The van der Waals surface area contributed by atoms with Gasteiger partial charge in [0.1, 0.15) is 5.75 Å². The van der Waals surface area contributed by atoms with Gasteiger partial charge in [-0.2, -0.15) is 0 Å². The maximum absolute atomic E-state index is 7.58. The second-order valence-electron chi connectivity index (χ2n) is 11.3. The normalized spacial score (nSPS) is 20.0. The van der Waals surface area contributed by atoms with Gasteiger partial charge in [-0.1, -0.05) is 80.5 Å². The summed E-state index contributed by atoms with van der Waals surface area (Å²) in [6.45, 7) is 2.20. The summed E-state index contributed by atoms with van der Waals surface area (Å²) in [7, 11) is -0.757. The molecule has 1 aliphatic heterocycles. The van der Waals surface area contributed by atoms with Gasteiger partial charge in [0.25, 0.3) is 8.32 Å². The highest BCUT2D eigenvalue weighted by atomic mass is 28.4. The molecular weight excluding hydrogens is 470 g/mol. The van der Waals surface area contributed by atoms with Crippen LogP contribution in [0, 0.1) is 6.92 Å². The quantitative estimate of drug-likeness (QED) is 0.322. The van der Waals surface area contributed by atoms with Gasteiger partial charge >= 0.3 is 0 Å². The molecule has 0 aromatic heterocycles. The highest BCUT2D eigenvalue weighted by Crippen LogP contribution is 2.52. The van der Waals surface area contributed by atoms with Gasteiger partial charge in [-0.05, 0) is 85.1 Å². The average molecular weight is 510 g/mol. The lowest BCUT2D eigenvalue weighted by Crippen LogP contribution is -2.62. The number of benzene rings is 3. The largest absolute Gasteiger partial charge is 0.525 e. The van der Waals surface area contributed by atoms with E-state index in [9.17, 15) is 0 Å². The van der Waals surface area contributed by atoms with Crippen LogP contribution in [0.5, 0.6) is 5.75 Å². The van der Waals surface area contributed by atoms with E-state index in [1.165, 1.54) is 86.1 Å². The maximum Gasteiger partial charge on any atom is 0.293 e. The van der Waals surface area contributed by atoms with Crippen LogP contribution >= 0.6 is 0 Å². The van der Waals surface area contributed by atoms with Crippen LogP contribution in [0.15, 0.2) is 71.7 Å². The number of aryl methyl sites for hydroxylation is 1. The zero-order valence-corrected chi connectivity index (χ0v) is 23.3. The molecular formula is C33H39NO2Si. The first-order chi connectivity index (χ1) is 18.2. The second-order valence-corrected chi connectivity index (χ2v) is 15.2. The molecule has 0 unspecified atom stereocenters. The van der Waals surface area contributed by atoms with E-state index in [4.69, 9.17) is 14.2 Å².